The number of amides is 1. The highest BCUT2D eigenvalue weighted by molar-refractivity contribution is 6.42. The number of carbonyl (C=O) groups is 2. The van der Waals surface area contributed by atoms with Crippen molar-refractivity contribution in [3.05, 3.63) is 98.8 Å². The van der Waals surface area contributed by atoms with Crippen LogP contribution in [0.2, 0.25) is 10.0 Å². The zero-order valence-electron chi connectivity index (χ0n) is 18.7. The SMILES string of the molecule is Cc1cncc(C(=O)N(C)[C@]2(C(=O)c3ccc(C#N)cc3)CNC[C@H]2c2ccc(Cl)c(Cl)c2)c1. The number of hydrogen-bond acceptors (Lipinski definition) is 5. The van der Waals surface area contributed by atoms with Crippen LogP contribution in [0, 0.1) is 18.3 Å². The Labute approximate surface area is 208 Å². The molecule has 1 N–H and O–H groups in total. The fourth-order valence-electron chi connectivity index (χ4n) is 4.56. The predicted octanol–water partition coefficient (Wildman–Crippen LogP) is 4.65. The van der Waals surface area contributed by atoms with Gasteiger partial charge in [0.2, 0.25) is 0 Å². The second-order valence-electron chi connectivity index (χ2n) is 8.41. The van der Waals surface area contributed by atoms with Gasteiger partial charge in [-0.15, -0.1) is 0 Å². The van der Waals surface area contributed by atoms with Crippen molar-refractivity contribution in [1.29, 1.82) is 5.26 Å². The summed E-state index contributed by atoms with van der Waals surface area (Å²) in [5.74, 6) is -0.932. The van der Waals surface area contributed by atoms with Gasteiger partial charge in [0, 0.05) is 44.0 Å². The number of benzene rings is 2. The first-order chi connectivity index (χ1) is 16.3. The molecule has 4 rings (SSSR count). The molecule has 34 heavy (non-hydrogen) atoms. The number of carbonyl (C=O) groups excluding carboxylic acids is 2. The normalized spacial score (nSPS) is 19.4. The van der Waals surface area contributed by atoms with Gasteiger partial charge in [0.05, 0.1) is 27.2 Å². The number of nitrogens with one attached hydrogen (secondary N) is 1. The van der Waals surface area contributed by atoms with Crippen LogP contribution in [0.3, 0.4) is 0 Å². The van der Waals surface area contributed by atoms with Crippen LogP contribution in [0.15, 0.2) is 60.9 Å². The van der Waals surface area contributed by atoms with Gasteiger partial charge < -0.3 is 10.2 Å². The number of hydrogen-bond donors (Lipinski definition) is 1. The van der Waals surface area contributed by atoms with Crippen molar-refractivity contribution >= 4 is 34.9 Å². The molecule has 0 spiro atoms. The number of aryl methyl sites for hydroxylation is 1. The van der Waals surface area contributed by atoms with Gasteiger partial charge in [0.15, 0.2) is 5.78 Å². The second-order valence-corrected chi connectivity index (χ2v) is 9.23. The van der Waals surface area contributed by atoms with Crippen LogP contribution in [0.1, 0.15) is 43.3 Å². The summed E-state index contributed by atoms with van der Waals surface area (Å²) in [5.41, 5.74) is 1.66. The highest BCUT2D eigenvalue weighted by atomic mass is 35.5. The van der Waals surface area contributed by atoms with E-state index in [4.69, 9.17) is 28.5 Å². The third-order valence-corrected chi connectivity index (χ3v) is 7.10. The van der Waals surface area contributed by atoms with Crippen molar-refractivity contribution in [2.45, 2.75) is 18.4 Å². The fourth-order valence-corrected chi connectivity index (χ4v) is 4.86. The number of rotatable bonds is 5. The number of ketones is 1. The van der Waals surface area contributed by atoms with E-state index in [0.717, 1.165) is 11.1 Å². The van der Waals surface area contributed by atoms with E-state index in [1.807, 2.05) is 13.0 Å². The smallest absolute Gasteiger partial charge is 0.256 e. The third kappa shape index (κ3) is 4.19. The Hall–Kier alpha value is -3.24. The lowest BCUT2D eigenvalue weighted by Gasteiger charge is -2.42. The highest BCUT2D eigenvalue weighted by Crippen LogP contribution is 2.41. The van der Waals surface area contributed by atoms with E-state index in [1.165, 1.54) is 11.1 Å². The summed E-state index contributed by atoms with van der Waals surface area (Å²) < 4.78 is 0. The molecule has 8 heteroatoms. The Bertz CT molecular complexity index is 1300. The maximum atomic E-state index is 14.2. The highest BCUT2D eigenvalue weighted by Gasteiger charge is 2.54. The molecule has 1 amide bonds. The number of aromatic nitrogens is 1. The number of nitriles is 1. The molecule has 1 aliphatic rings. The quantitative estimate of drug-likeness (QED) is 0.523. The summed E-state index contributed by atoms with van der Waals surface area (Å²) in [4.78, 5) is 33.5. The van der Waals surface area contributed by atoms with Gasteiger partial charge in [-0.3, -0.25) is 14.6 Å². The lowest BCUT2D eigenvalue weighted by Crippen LogP contribution is -2.59. The molecule has 2 atom stereocenters. The van der Waals surface area contributed by atoms with Crippen molar-refractivity contribution in [3.8, 4) is 6.07 Å². The first-order valence-corrected chi connectivity index (χ1v) is 11.4. The van der Waals surface area contributed by atoms with Crippen molar-refractivity contribution in [1.82, 2.24) is 15.2 Å². The van der Waals surface area contributed by atoms with E-state index >= 15 is 0 Å². The Kier molecular flexibility index (Phi) is 6.72. The first kappa shape index (κ1) is 23.9. The number of pyridine rings is 1. The lowest BCUT2D eigenvalue weighted by molar-refractivity contribution is 0.0477. The van der Waals surface area contributed by atoms with Crippen LogP contribution in [-0.2, 0) is 0 Å². The maximum absolute atomic E-state index is 14.2. The molecular weight excluding hydrogens is 471 g/mol. The van der Waals surface area contributed by atoms with Gasteiger partial charge >= 0.3 is 0 Å². The van der Waals surface area contributed by atoms with E-state index in [2.05, 4.69) is 16.4 Å². The van der Waals surface area contributed by atoms with Gasteiger partial charge in [-0.05, 0) is 48.4 Å². The molecule has 0 radical (unpaired) electrons. The van der Waals surface area contributed by atoms with Crippen molar-refractivity contribution in [3.63, 3.8) is 0 Å². The molecule has 2 aromatic carbocycles. The van der Waals surface area contributed by atoms with E-state index < -0.39 is 11.5 Å². The minimum atomic E-state index is -1.24. The number of likely N-dealkylation sites (N-methyl/N-ethyl adjacent to an activating group) is 1. The van der Waals surface area contributed by atoms with Gasteiger partial charge in [-0.25, -0.2) is 0 Å². The molecule has 2 heterocycles. The van der Waals surface area contributed by atoms with Crippen molar-refractivity contribution < 1.29 is 9.59 Å². The largest absolute Gasteiger partial charge is 0.327 e. The topological polar surface area (TPSA) is 86.1 Å². The van der Waals surface area contributed by atoms with Gasteiger partial charge in [0.25, 0.3) is 5.91 Å². The van der Waals surface area contributed by atoms with Crippen LogP contribution >= 0.6 is 23.2 Å². The van der Waals surface area contributed by atoms with Crippen molar-refractivity contribution in [2.24, 2.45) is 0 Å². The fraction of sp³-hybridized carbons (Fsp3) is 0.231. The molecular formula is C26H22Cl2N4O2. The van der Waals surface area contributed by atoms with E-state index in [0.29, 0.717) is 33.3 Å². The van der Waals surface area contributed by atoms with Gasteiger partial charge in [0.1, 0.15) is 5.54 Å². The molecule has 3 aromatic rings. The van der Waals surface area contributed by atoms with Gasteiger partial charge in [-0.2, -0.15) is 5.26 Å². The van der Waals surface area contributed by atoms with Crippen molar-refractivity contribution in [2.75, 3.05) is 20.1 Å². The summed E-state index contributed by atoms with van der Waals surface area (Å²) in [6.45, 7) is 2.57. The Morgan fingerprint density at radius 1 is 1.09 bits per heavy atom. The van der Waals surface area contributed by atoms with Crippen LogP contribution < -0.4 is 5.32 Å². The van der Waals surface area contributed by atoms with Gasteiger partial charge in [-0.1, -0.05) is 41.4 Å². The monoisotopic (exact) mass is 492 g/mol. The maximum Gasteiger partial charge on any atom is 0.256 e. The molecule has 1 aliphatic heterocycles. The second kappa shape index (κ2) is 9.55. The molecule has 0 aliphatic carbocycles. The average Bonchev–Trinajstić information content (AvgIpc) is 3.30. The third-order valence-electron chi connectivity index (χ3n) is 6.36. The molecule has 0 bridgehead atoms. The average molecular weight is 493 g/mol. The summed E-state index contributed by atoms with van der Waals surface area (Å²) in [7, 11) is 1.64. The first-order valence-electron chi connectivity index (χ1n) is 10.7. The van der Waals surface area contributed by atoms with Crippen LogP contribution in [0.5, 0.6) is 0 Å². The number of Topliss-reactive ketones (excluding diaryl/α,β-unsaturated/α-hetero) is 1. The van der Waals surface area contributed by atoms with E-state index in [-0.39, 0.29) is 18.2 Å². The molecule has 0 saturated carbocycles. The Balaban J connectivity index is 1.85. The van der Waals surface area contributed by atoms with E-state index in [9.17, 15) is 9.59 Å². The Morgan fingerprint density at radius 2 is 1.82 bits per heavy atom. The molecule has 172 valence electrons. The minimum absolute atomic E-state index is 0.227. The molecule has 6 nitrogen and oxygen atoms in total. The minimum Gasteiger partial charge on any atom is -0.327 e. The summed E-state index contributed by atoms with van der Waals surface area (Å²) in [6, 6.07) is 15.5. The summed E-state index contributed by atoms with van der Waals surface area (Å²) >= 11 is 12.5. The predicted molar refractivity (Wildman–Crippen MR) is 131 cm³/mol. The molecule has 1 aromatic heterocycles. The lowest BCUT2D eigenvalue weighted by atomic mass is 9.75. The van der Waals surface area contributed by atoms with Crippen LogP contribution in [0.25, 0.3) is 0 Å². The molecule has 1 fully saturated rings. The van der Waals surface area contributed by atoms with E-state index in [1.54, 1.807) is 55.7 Å². The van der Waals surface area contributed by atoms with Crippen LogP contribution in [-0.4, -0.2) is 47.3 Å². The summed E-state index contributed by atoms with van der Waals surface area (Å²) in [5, 5.41) is 13.2. The number of nitrogens with zero attached hydrogens (tertiary/aromatic N) is 3. The molecule has 0 unspecified atom stereocenters. The summed E-state index contributed by atoms with van der Waals surface area (Å²) in [6.07, 6.45) is 3.17. The number of halogens is 2. The molecule has 1 saturated heterocycles. The zero-order chi connectivity index (χ0) is 24.5. The standard InChI is InChI=1S/C26H22Cl2N4O2/c1-16-9-20(13-30-12-16)25(34)32(2)26(24(33)18-5-3-17(11-29)4-6-18)15-31-14-21(26)19-7-8-22(27)23(28)10-19/h3-10,12-13,21,31H,14-15H2,1-2H3/t21-,26+/m0/s1. The zero-order valence-corrected chi connectivity index (χ0v) is 20.2. The Morgan fingerprint density at radius 3 is 2.47 bits per heavy atom. The van der Waals surface area contributed by atoms with Crippen LogP contribution in [0.4, 0.5) is 0 Å².